The summed E-state index contributed by atoms with van der Waals surface area (Å²) in [5.74, 6) is 0.727. The number of likely N-dealkylation sites (N-methyl/N-ethyl adjacent to an activating group) is 2. The van der Waals surface area contributed by atoms with Gasteiger partial charge in [0, 0.05) is 50.9 Å². The number of hydrogen-bond donors (Lipinski definition) is 2. The van der Waals surface area contributed by atoms with Crippen LogP contribution in [0.5, 0.6) is 0 Å². The number of imidazole rings is 2. The normalized spacial score (nSPS) is 17.4. The Morgan fingerprint density at radius 3 is 1.52 bits per heavy atom. The van der Waals surface area contributed by atoms with Crippen LogP contribution in [0.1, 0.15) is 57.1 Å². The van der Waals surface area contributed by atoms with E-state index in [1.165, 1.54) is 9.80 Å². The molecule has 262 valence electrons. The number of aromatic amines is 2. The summed E-state index contributed by atoms with van der Waals surface area (Å²) >= 11 is 0. The van der Waals surface area contributed by atoms with Crippen molar-refractivity contribution in [2.75, 3.05) is 53.4 Å². The fraction of sp³-hybridized carbons (Fsp3) is 0.421. The average Bonchev–Trinajstić information content (AvgIpc) is 3.78. The molecule has 0 unspecified atom stereocenters. The van der Waals surface area contributed by atoms with Gasteiger partial charge < -0.3 is 9.97 Å². The van der Waals surface area contributed by atoms with Crippen molar-refractivity contribution in [3.63, 3.8) is 0 Å². The number of benzene rings is 2. The van der Waals surface area contributed by atoms with Crippen LogP contribution in [0.3, 0.4) is 0 Å². The summed E-state index contributed by atoms with van der Waals surface area (Å²) in [6.07, 6.45) is 4.04. The average molecular weight is 679 g/mol. The molecule has 0 aliphatic carbocycles. The maximum Gasteiger partial charge on any atom is 0.243 e. The monoisotopic (exact) mass is 678 g/mol. The molecule has 2 atom stereocenters. The van der Waals surface area contributed by atoms with Gasteiger partial charge in [0.2, 0.25) is 23.6 Å². The molecule has 2 aromatic heterocycles. The maximum atomic E-state index is 13.1. The lowest BCUT2D eigenvalue weighted by atomic mass is 9.91. The molecule has 12 nitrogen and oxygen atoms in total. The number of rotatable bonds is 10. The summed E-state index contributed by atoms with van der Waals surface area (Å²) in [5, 5.41) is 0. The van der Waals surface area contributed by atoms with Crippen molar-refractivity contribution in [2.24, 2.45) is 5.92 Å². The minimum Gasteiger partial charge on any atom is -0.342 e. The smallest absolute Gasteiger partial charge is 0.243 e. The van der Waals surface area contributed by atoms with Gasteiger partial charge in [-0.3, -0.25) is 38.8 Å². The highest BCUT2D eigenvalue weighted by atomic mass is 16.2. The van der Waals surface area contributed by atoms with Gasteiger partial charge in [0.1, 0.15) is 11.6 Å². The van der Waals surface area contributed by atoms with Crippen LogP contribution in [-0.2, 0) is 19.2 Å². The van der Waals surface area contributed by atoms with Gasteiger partial charge in [-0.25, -0.2) is 9.97 Å². The number of carbonyl (C=O) groups excluding carboxylic acids is 4. The molecule has 4 amide bonds. The quantitative estimate of drug-likeness (QED) is 0.253. The molecule has 4 aromatic rings. The zero-order valence-corrected chi connectivity index (χ0v) is 29.5. The second-order valence-electron chi connectivity index (χ2n) is 14.0. The number of carbonyl (C=O) groups is 4. The maximum absolute atomic E-state index is 13.1. The fourth-order valence-corrected chi connectivity index (χ4v) is 6.61. The Morgan fingerprint density at radius 1 is 0.640 bits per heavy atom. The van der Waals surface area contributed by atoms with E-state index in [9.17, 15) is 19.2 Å². The van der Waals surface area contributed by atoms with Crippen molar-refractivity contribution in [1.29, 1.82) is 0 Å². The highest BCUT2D eigenvalue weighted by molar-refractivity contribution is 5.97. The largest absolute Gasteiger partial charge is 0.342 e. The van der Waals surface area contributed by atoms with Crippen LogP contribution in [0.2, 0.25) is 0 Å². The molecule has 50 heavy (non-hydrogen) atoms. The van der Waals surface area contributed by atoms with Crippen molar-refractivity contribution >= 4 is 23.6 Å². The summed E-state index contributed by atoms with van der Waals surface area (Å²) < 4.78 is 0. The predicted molar refractivity (Wildman–Crippen MR) is 191 cm³/mol. The third-order valence-corrected chi connectivity index (χ3v) is 9.84. The van der Waals surface area contributed by atoms with E-state index in [0.717, 1.165) is 39.5 Å². The lowest BCUT2D eigenvalue weighted by Crippen LogP contribution is -2.51. The minimum absolute atomic E-state index is 0.133. The van der Waals surface area contributed by atoms with Crippen LogP contribution >= 0.6 is 0 Å². The SMILES string of the molecule is CC(C)[C@H](CC(=O)N1CCN(C)CC1=O)c1ncc(-c2ccc(-c3ccc(-c4cnc([C@H](C)CC(=O)N5CCN(C)CC5=O)[nH]4)cc3)cc2)[nH]1. The van der Waals surface area contributed by atoms with E-state index in [-0.39, 0.29) is 67.3 Å². The molecule has 2 aromatic carbocycles. The number of amides is 4. The second-order valence-corrected chi connectivity index (χ2v) is 14.0. The molecular formula is C38H46N8O4. The molecule has 0 spiro atoms. The Morgan fingerprint density at radius 2 is 1.06 bits per heavy atom. The summed E-state index contributed by atoms with van der Waals surface area (Å²) in [6.45, 7) is 8.84. The molecule has 12 heteroatoms. The van der Waals surface area contributed by atoms with E-state index < -0.39 is 0 Å². The topological polar surface area (TPSA) is 139 Å². The molecule has 0 radical (unpaired) electrons. The highest BCUT2D eigenvalue weighted by Crippen LogP contribution is 2.31. The van der Waals surface area contributed by atoms with E-state index in [4.69, 9.17) is 0 Å². The number of H-pyrrole nitrogens is 2. The summed E-state index contributed by atoms with van der Waals surface area (Å²) in [6, 6.07) is 16.5. The lowest BCUT2D eigenvalue weighted by Gasteiger charge is -2.31. The van der Waals surface area contributed by atoms with Crippen molar-refractivity contribution in [2.45, 2.75) is 45.4 Å². The number of nitrogens with zero attached hydrogens (tertiary/aromatic N) is 6. The van der Waals surface area contributed by atoms with Gasteiger partial charge in [-0.15, -0.1) is 0 Å². The van der Waals surface area contributed by atoms with Crippen molar-refractivity contribution in [3.05, 3.63) is 72.6 Å². The van der Waals surface area contributed by atoms with Gasteiger partial charge >= 0.3 is 0 Å². The summed E-state index contributed by atoms with van der Waals surface area (Å²) in [7, 11) is 3.77. The molecule has 2 fully saturated rings. The summed E-state index contributed by atoms with van der Waals surface area (Å²) in [5.41, 5.74) is 5.84. The van der Waals surface area contributed by atoms with Crippen LogP contribution in [0.15, 0.2) is 60.9 Å². The van der Waals surface area contributed by atoms with Crippen molar-refractivity contribution < 1.29 is 19.2 Å². The molecule has 0 bridgehead atoms. The van der Waals surface area contributed by atoms with Crippen molar-refractivity contribution in [3.8, 4) is 33.6 Å². The first-order chi connectivity index (χ1) is 24.0. The first-order valence-electron chi connectivity index (χ1n) is 17.3. The predicted octanol–water partition coefficient (Wildman–Crippen LogP) is 4.36. The van der Waals surface area contributed by atoms with Crippen LogP contribution in [0.25, 0.3) is 33.6 Å². The van der Waals surface area contributed by atoms with Crippen molar-refractivity contribution in [1.82, 2.24) is 39.5 Å². The first kappa shape index (κ1) is 34.9. The van der Waals surface area contributed by atoms with E-state index in [1.54, 1.807) is 12.4 Å². The number of imide groups is 2. The molecule has 0 saturated carbocycles. The molecule has 6 rings (SSSR count). The van der Waals surface area contributed by atoms with E-state index >= 15 is 0 Å². The zero-order chi connectivity index (χ0) is 35.5. The van der Waals surface area contributed by atoms with Crippen LogP contribution in [0, 0.1) is 5.92 Å². The number of aromatic nitrogens is 4. The van der Waals surface area contributed by atoms with Crippen LogP contribution in [0.4, 0.5) is 0 Å². The third-order valence-electron chi connectivity index (χ3n) is 9.84. The van der Waals surface area contributed by atoms with Crippen LogP contribution < -0.4 is 0 Å². The Labute approximate surface area is 292 Å². The van der Waals surface area contributed by atoms with E-state index in [1.807, 2.05) is 43.0 Å². The lowest BCUT2D eigenvalue weighted by molar-refractivity contribution is -0.150. The minimum atomic E-state index is -0.163. The molecule has 2 N–H and O–H groups in total. The molecule has 2 aliphatic rings. The zero-order valence-electron chi connectivity index (χ0n) is 29.5. The van der Waals surface area contributed by atoms with Gasteiger partial charge in [0.05, 0.1) is 36.9 Å². The molecular weight excluding hydrogens is 632 g/mol. The van der Waals surface area contributed by atoms with Gasteiger partial charge in [-0.2, -0.15) is 0 Å². The molecule has 2 saturated heterocycles. The summed E-state index contributed by atoms with van der Waals surface area (Å²) in [4.78, 5) is 73.3. The highest BCUT2D eigenvalue weighted by Gasteiger charge is 2.31. The standard InChI is InChI=1S/C38H46N8O4/c1-24(2)30(19-34(48)46-17-15-44(5)23-36(46)50)38-40-21-32(42-38)29-12-8-27(9-13-29)26-6-10-28(11-7-26)31-20-39-37(41-31)25(3)18-33(47)45-16-14-43(4)22-35(45)49/h6-13,20-21,24-25,30H,14-19,22-23H2,1-5H3,(H,39,41)(H,40,42)/t25-,30+/m1/s1. The number of piperazine rings is 2. The fourth-order valence-electron chi connectivity index (χ4n) is 6.61. The van der Waals surface area contributed by atoms with Crippen LogP contribution in [-0.4, -0.2) is 117 Å². The third kappa shape index (κ3) is 7.76. The Hall–Kier alpha value is -4.94. The Balaban J connectivity index is 1.07. The van der Waals surface area contributed by atoms with E-state index in [0.29, 0.717) is 32.0 Å². The number of hydrogen-bond acceptors (Lipinski definition) is 8. The molecule has 2 aliphatic heterocycles. The van der Waals surface area contributed by atoms with Gasteiger partial charge in [0.15, 0.2) is 0 Å². The Bertz CT molecular complexity index is 1840. The molecule has 4 heterocycles. The van der Waals surface area contributed by atoms with E-state index in [2.05, 4.69) is 70.2 Å². The van der Waals surface area contributed by atoms with Gasteiger partial charge in [0.25, 0.3) is 0 Å². The second kappa shape index (κ2) is 14.9. The van der Waals surface area contributed by atoms with Gasteiger partial charge in [-0.1, -0.05) is 69.3 Å². The Kier molecular flexibility index (Phi) is 10.4. The van der Waals surface area contributed by atoms with Gasteiger partial charge in [-0.05, 0) is 42.3 Å². The number of nitrogens with one attached hydrogen (secondary N) is 2. The first-order valence-corrected chi connectivity index (χ1v) is 17.3.